The van der Waals surface area contributed by atoms with E-state index >= 15 is 0 Å². The summed E-state index contributed by atoms with van der Waals surface area (Å²) in [6, 6.07) is 6.27. The number of carbonyl (C=O) groups excluding carboxylic acids is 1. The number of amides is 1. The molecule has 0 bridgehead atoms. The van der Waals surface area contributed by atoms with Crippen LogP contribution in [0.25, 0.3) is 0 Å². The van der Waals surface area contributed by atoms with Crippen molar-refractivity contribution in [2.75, 3.05) is 32.7 Å². The van der Waals surface area contributed by atoms with Gasteiger partial charge in [-0.1, -0.05) is 24.1 Å². The molecule has 6 nitrogen and oxygen atoms in total. The van der Waals surface area contributed by atoms with Crippen molar-refractivity contribution in [2.45, 2.75) is 24.2 Å². The van der Waals surface area contributed by atoms with Crippen LogP contribution >= 0.6 is 24.0 Å². The highest BCUT2D eigenvalue weighted by Crippen LogP contribution is 2.33. The zero-order valence-corrected chi connectivity index (χ0v) is 16.9. The standard InChI is InChI=1S/C17H24ClN3O3S.ClH/c18-14-4-2-5-15(11-14)25(23,24)21-9-7-20(8-10-21)17(22)16-6-1-3-13(16)12-19;/h2,4-5,11,13,16H,1,3,6-10,12,19H2;1H/t13-,16-;/m1./s1. The van der Waals surface area contributed by atoms with Crippen molar-refractivity contribution >= 4 is 39.9 Å². The molecule has 26 heavy (non-hydrogen) atoms. The number of carbonyl (C=O) groups is 1. The lowest BCUT2D eigenvalue weighted by atomic mass is 9.94. The molecule has 1 amide bonds. The summed E-state index contributed by atoms with van der Waals surface area (Å²) in [5.41, 5.74) is 5.78. The molecule has 3 rings (SSSR count). The summed E-state index contributed by atoms with van der Waals surface area (Å²) in [6.07, 6.45) is 2.94. The monoisotopic (exact) mass is 421 g/mol. The number of hydrogen-bond acceptors (Lipinski definition) is 4. The quantitative estimate of drug-likeness (QED) is 0.804. The first kappa shape index (κ1) is 21.4. The number of halogens is 2. The van der Waals surface area contributed by atoms with Crippen molar-refractivity contribution in [2.24, 2.45) is 17.6 Å². The normalized spacial score (nSPS) is 24.3. The van der Waals surface area contributed by atoms with Gasteiger partial charge in [0.2, 0.25) is 15.9 Å². The van der Waals surface area contributed by atoms with E-state index in [-0.39, 0.29) is 35.0 Å². The Morgan fingerprint density at radius 3 is 2.50 bits per heavy atom. The Hall–Kier alpha value is -0.860. The van der Waals surface area contributed by atoms with E-state index in [9.17, 15) is 13.2 Å². The predicted octanol–water partition coefficient (Wildman–Crippen LogP) is 1.97. The maximum atomic E-state index is 12.7. The van der Waals surface area contributed by atoms with Gasteiger partial charge in [-0.15, -0.1) is 12.4 Å². The van der Waals surface area contributed by atoms with Crippen LogP contribution < -0.4 is 5.73 Å². The molecule has 0 unspecified atom stereocenters. The molecule has 1 aromatic rings. The van der Waals surface area contributed by atoms with E-state index in [0.29, 0.717) is 37.7 Å². The Labute approximate surface area is 166 Å². The van der Waals surface area contributed by atoms with Gasteiger partial charge in [0.05, 0.1) is 4.90 Å². The zero-order chi connectivity index (χ0) is 18.0. The number of nitrogens with two attached hydrogens (primary N) is 1. The number of piperazine rings is 1. The van der Waals surface area contributed by atoms with Gasteiger partial charge >= 0.3 is 0 Å². The van der Waals surface area contributed by atoms with Crippen LogP contribution in [0.4, 0.5) is 0 Å². The van der Waals surface area contributed by atoms with Crippen molar-refractivity contribution in [1.82, 2.24) is 9.21 Å². The maximum Gasteiger partial charge on any atom is 0.243 e. The van der Waals surface area contributed by atoms with Gasteiger partial charge in [0.1, 0.15) is 0 Å². The minimum absolute atomic E-state index is 0. The fourth-order valence-electron chi connectivity index (χ4n) is 3.80. The molecule has 2 fully saturated rings. The highest BCUT2D eigenvalue weighted by molar-refractivity contribution is 7.89. The first-order valence-corrected chi connectivity index (χ1v) is 10.5. The average Bonchev–Trinajstić information content (AvgIpc) is 3.10. The molecular formula is C17H25Cl2N3O3S. The minimum atomic E-state index is -3.58. The molecule has 1 heterocycles. The van der Waals surface area contributed by atoms with E-state index in [1.54, 1.807) is 23.1 Å². The summed E-state index contributed by atoms with van der Waals surface area (Å²) in [6.45, 7) is 2.00. The molecule has 2 aliphatic rings. The van der Waals surface area contributed by atoms with Gasteiger partial charge in [-0.3, -0.25) is 4.79 Å². The number of benzene rings is 1. The fraction of sp³-hybridized carbons (Fsp3) is 0.588. The highest BCUT2D eigenvalue weighted by atomic mass is 35.5. The van der Waals surface area contributed by atoms with Gasteiger partial charge in [0, 0.05) is 37.1 Å². The molecule has 0 radical (unpaired) electrons. The average molecular weight is 422 g/mol. The Bertz CT molecular complexity index is 737. The summed E-state index contributed by atoms with van der Waals surface area (Å²) >= 11 is 5.91. The third-order valence-electron chi connectivity index (χ3n) is 5.26. The SMILES string of the molecule is Cl.NC[C@H]1CCC[C@H]1C(=O)N1CCN(S(=O)(=O)c2cccc(Cl)c2)CC1. The van der Waals surface area contributed by atoms with Crippen LogP contribution in [-0.2, 0) is 14.8 Å². The second kappa shape index (κ2) is 8.89. The van der Waals surface area contributed by atoms with Gasteiger partial charge in [-0.2, -0.15) is 4.31 Å². The lowest BCUT2D eigenvalue weighted by Crippen LogP contribution is -2.52. The van der Waals surface area contributed by atoms with Gasteiger partial charge < -0.3 is 10.6 Å². The molecule has 9 heteroatoms. The van der Waals surface area contributed by atoms with E-state index in [1.807, 2.05) is 0 Å². The minimum Gasteiger partial charge on any atom is -0.340 e. The van der Waals surface area contributed by atoms with Crippen molar-refractivity contribution in [3.63, 3.8) is 0 Å². The number of sulfonamides is 1. The van der Waals surface area contributed by atoms with Gasteiger partial charge in [-0.05, 0) is 43.5 Å². The topological polar surface area (TPSA) is 83.7 Å². The zero-order valence-electron chi connectivity index (χ0n) is 14.5. The van der Waals surface area contributed by atoms with Crippen molar-refractivity contribution < 1.29 is 13.2 Å². The van der Waals surface area contributed by atoms with Crippen LogP contribution in [-0.4, -0.2) is 56.3 Å². The number of rotatable bonds is 4. The molecule has 0 aromatic heterocycles. The van der Waals surface area contributed by atoms with Gasteiger partial charge in [-0.25, -0.2) is 8.42 Å². The number of nitrogens with zero attached hydrogens (tertiary/aromatic N) is 2. The van der Waals surface area contributed by atoms with Crippen LogP contribution in [0.2, 0.25) is 5.02 Å². The Balaban J connectivity index is 0.00000243. The molecule has 2 atom stereocenters. The third kappa shape index (κ3) is 4.34. The molecule has 1 aromatic carbocycles. The summed E-state index contributed by atoms with van der Waals surface area (Å²) < 4.78 is 26.9. The lowest BCUT2D eigenvalue weighted by Gasteiger charge is -2.36. The van der Waals surface area contributed by atoms with E-state index in [0.717, 1.165) is 19.3 Å². The molecule has 1 saturated heterocycles. The Kier molecular flexibility index (Phi) is 7.33. The Morgan fingerprint density at radius 2 is 1.88 bits per heavy atom. The van der Waals surface area contributed by atoms with Gasteiger partial charge in [0.15, 0.2) is 0 Å². The summed E-state index contributed by atoms with van der Waals surface area (Å²) in [5.74, 6) is 0.398. The van der Waals surface area contributed by atoms with Crippen LogP contribution in [0, 0.1) is 11.8 Å². The maximum absolute atomic E-state index is 12.7. The molecule has 1 aliphatic heterocycles. The highest BCUT2D eigenvalue weighted by Gasteiger charge is 2.37. The van der Waals surface area contributed by atoms with E-state index in [4.69, 9.17) is 17.3 Å². The summed E-state index contributed by atoms with van der Waals surface area (Å²) in [5, 5.41) is 0.393. The summed E-state index contributed by atoms with van der Waals surface area (Å²) in [7, 11) is -3.58. The smallest absolute Gasteiger partial charge is 0.243 e. The van der Waals surface area contributed by atoms with Crippen LogP contribution in [0.3, 0.4) is 0 Å². The predicted molar refractivity (Wildman–Crippen MR) is 104 cm³/mol. The number of hydrogen-bond donors (Lipinski definition) is 1. The van der Waals surface area contributed by atoms with Crippen molar-refractivity contribution in [3.05, 3.63) is 29.3 Å². The first-order chi connectivity index (χ1) is 11.9. The van der Waals surface area contributed by atoms with E-state index < -0.39 is 10.0 Å². The van der Waals surface area contributed by atoms with Crippen LogP contribution in [0.1, 0.15) is 19.3 Å². The largest absolute Gasteiger partial charge is 0.340 e. The Morgan fingerprint density at radius 1 is 1.19 bits per heavy atom. The lowest BCUT2D eigenvalue weighted by molar-refractivity contribution is -0.137. The summed E-state index contributed by atoms with van der Waals surface area (Å²) in [4.78, 5) is 14.7. The van der Waals surface area contributed by atoms with Gasteiger partial charge in [0.25, 0.3) is 0 Å². The van der Waals surface area contributed by atoms with Crippen molar-refractivity contribution in [1.29, 1.82) is 0 Å². The molecular weight excluding hydrogens is 397 g/mol. The third-order valence-corrected chi connectivity index (χ3v) is 7.39. The fourth-order valence-corrected chi connectivity index (χ4v) is 5.53. The van der Waals surface area contributed by atoms with Crippen molar-refractivity contribution in [3.8, 4) is 0 Å². The molecule has 146 valence electrons. The molecule has 0 spiro atoms. The van der Waals surface area contributed by atoms with Crippen LogP contribution in [0.5, 0.6) is 0 Å². The molecule has 1 saturated carbocycles. The molecule has 1 aliphatic carbocycles. The first-order valence-electron chi connectivity index (χ1n) is 8.68. The second-order valence-corrected chi connectivity index (χ2v) is 9.09. The van der Waals surface area contributed by atoms with Crippen LogP contribution in [0.15, 0.2) is 29.2 Å². The van der Waals surface area contributed by atoms with E-state index in [1.165, 1.54) is 10.4 Å². The van der Waals surface area contributed by atoms with E-state index in [2.05, 4.69) is 0 Å². The molecule has 2 N–H and O–H groups in total. The second-order valence-electron chi connectivity index (χ2n) is 6.72.